The molecule has 0 aliphatic rings. The summed E-state index contributed by atoms with van der Waals surface area (Å²) in [6.07, 6.45) is 1.53. The van der Waals surface area contributed by atoms with Gasteiger partial charge in [0.2, 0.25) is 0 Å². The lowest BCUT2D eigenvalue weighted by Gasteiger charge is -2.23. The lowest BCUT2D eigenvalue weighted by atomic mass is 9.97. The van der Waals surface area contributed by atoms with Crippen LogP contribution in [0.15, 0.2) is 119 Å². The Labute approximate surface area is 224 Å². The molecule has 9 nitrogen and oxygen atoms in total. The third kappa shape index (κ3) is 5.32. The highest BCUT2D eigenvalue weighted by Gasteiger charge is 2.28. The van der Waals surface area contributed by atoms with Crippen LogP contribution in [0.5, 0.6) is 0 Å². The van der Waals surface area contributed by atoms with Crippen LogP contribution >= 0.6 is 0 Å². The van der Waals surface area contributed by atoms with Gasteiger partial charge < -0.3 is 0 Å². The summed E-state index contributed by atoms with van der Waals surface area (Å²) in [4.78, 5) is 23.6. The van der Waals surface area contributed by atoms with Crippen LogP contribution in [0.25, 0.3) is 21.5 Å². The molecule has 0 unspecified atom stereocenters. The Morgan fingerprint density at radius 3 is 2.10 bits per heavy atom. The van der Waals surface area contributed by atoms with E-state index >= 15 is 0 Å². The number of hydrazone groups is 1. The van der Waals surface area contributed by atoms with Gasteiger partial charge in [-0.25, -0.2) is 13.8 Å². The summed E-state index contributed by atoms with van der Waals surface area (Å²) in [5.41, 5.74) is 2.89. The fourth-order valence-electron chi connectivity index (χ4n) is 4.32. The molecule has 5 aromatic rings. The first kappa shape index (κ1) is 25.6. The van der Waals surface area contributed by atoms with Crippen LogP contribution in [0, 0.1) is 10.1 Å². The van der Waals surface area contributed by atoms with Crippen LogP contribution in [-0.2, 0) is 14.8 Å². The highest BCUT2D eigenvalue weighted by molar-refractivity contribution is 7.92. The van der Waals surface area contributed by atoms with E-state index in [0.29, 0.717) is 0 Å². The molecule has 0 bridgehead atoms. The highest BCUT2D eigenvalue weighted by Crippen LogP contribution is 2.28. The molecule has 0 aliphatic carbocycles. The molecule has 1 N–H and O–H groups in total. The second-order valence-electron chi connectivity index (χ2n) is 8.63. The Morgan fingerprint density at radius 2 is 1.46 bits per heavy atom. The number of hydrogen-bond donors (Lipinski definition) is 1. The number of hydrogen-bond acceptors (Lipinski definition) is 6. The maximum Gasteiger partial charge on any atom is 0.271 e. The molecule has 0 fully saturated rings. The third-order valence-electron chi connectivity index (χ3n) is 6.14. The van der Waals surface area contributed by atoms with E-state index in [-0.39, 0.29) is 16.3 Å². The molecule has 0 aliphatic heterocycles. The van der Waals surface area contributed by atoms with Crippen molar-refractivity contribution in [3.63, 3.8) is 0 Å². The van der Waals surface area contributed by atoms with Gasteiger partial charge >= 0.3 is 0 Å². The number of nitrogens with zero attached hydrogens (tertiary/aromatic N) is 3. The van der Waals surface area contributed by atoms with Gasteiger partial charge in [-0.15, -0.1) is 0 Å². The van der Waals surface area contributed by atoms with Gasteiger partial charge in [-0.3, -0.25) is 19.2 Å². The molecule has 0 atom stereocenters. The number of anilines is 1. The van der Waals surface area contributed by atoms with Crippen LogP contribution in [0.3, 0.4) is 0 Å². The number of nitrogens with one attached hydrogen (secondary N) is 1. The van der Waals surface area contributed by atoms with E-state index in [2.05, 4.69) is 16.6 Å². The van der Waals surface area contributed by atoms with E-state index < -0.39 is 27.4 Å². The largest absolute Gasteiger partial charge is 0.271 e. The third-order valence-corrected chi connectivity index (χ3v) is 7.93. The van der Waals surface area contributed by atoms with Crippen molar-refractivity contribution in [1.82, 2.24) is 5.43 Å². The van der Waals surface area contributed by atoms with Crippen molar-refractivity contribution in [3.8, 4) is 0 Å². The van der Waals surface area contributed by atoms with E-state index in [4.69, 9.17) is 0 Å². The Bertz CT molecular complexity index is 1790. The zero-order valence-electron chi connectivity index (χ0n) is 20.5. The molecule has 0 saturated carbocycles. The first-order chi connectivity index (χ1) is 18.8. The van der Waals surface area contributed by atoms with Gasteiger partial charge in [-0.2, -0.15) is 5.10 Å². The summed E-state index contributed by atoms with van der Waals surface area (Å²) in [7, 11) is -4.23. The first-order valence-electron chi connectivity index (χ1n) is 11.9. The van der Waals surface area contributed by atoms with Crippen LogP contribution in [0.2, 0.25) is 0 Å². The van der Waals surface area contributed by atoms with E-state index in [1.54, 1.807) is 18.2 Å². The van der Waals surface area contributed by atoms with Crippen molar-refractivity contribution in [2.45, 2.75) is 4.90 Å². The molecule has 10 heteroatoms. The van der Waals surface area contributed by atoms with Gasteiger partial charge in [-0.05, 0) is 45.8 Å². The molecule has 0 radical (unpaired) electrons. The van der Waals surface area contributed by atoms with E-state index in [1.807, 2.05) is 48.5 Å². The number of non-ortho nitro benzene ring substituents is 1. The van der Waals surface area contributed by atoms with Gasteiger partial charge in [0, 0.05) is 17.7 Å². The average molecular weight is 539 g/mol. The van der Waals surface area contributed by atoms with Crippen molar-refractivity contribution >= 4 is 55.1 Å². The molecule has 5 rings (SSSR count). The number of nitro benzene ring substituents is 1. The van der Waals surface area contributed by atoms with Gasteiger partial charge in [0.15, 0.2) is 0 Å². The Kier molecular flexibility index (Phi) is 7.02. The van der Waals surface area contributed by atoms with Crippen molar-refractivity contribution in [3.05, 3.63) is 125 Å². The minimum absolute atomic E-state index is 0.0211. The molecular weight excluding hydrogens is 516 g/mol. The zero-order chi connectivity index (χ0) is 27.4. The smallest absolute Gasteiger partial charge is 0.271 e. The van der Waals surface area contributed by atoms with Crippen LogP contribution in [-0.4, -0.2) is 32.0 Å². The van der Waals surface area contributed by atoms with Crippen LogP contribution in [0.4, 0.5) is 11.4 Å². The summed E-state index contributed by atoms with van der Waals surface area (Å²) in [5, 5.41) is 19.4. The summed E-state index contributed by atoms with van der Waals surface area (Å²) in [5.74, 6) is -0.721. The molecular formula is C29H22N4O5S. The SMILES string of the molecule is O=C(CN(c1cccc([N+](=O)[O-])c1)S(=O)(=O)c1ccccc1)NN=Cc1c2ccccc2cc2ccccc12. The second kappa shape index (κ2) is 10.7. The molecule has 0 saturated heterocycles. The van der Waals surface area contributed by atoms with Crippen molar-refractivity contribution in [1.29, 1.82) is 0 Å². The van der Waals surface area contributed by atoms with Gasteiger partial charge in [0.25, 0.3) is 21.6 Å². The second-order valence-corrected chi connectivity index (χ2v) is 10.5. The number of carbonyl (C=O) groups excluding carboxylic acids is 1. The fraction of sp³-hybridized carbons (Fsp3) is 0.0345. The van der Waals surface area contributed by atoms with Crippen molar-refractivity contribution in [2.75, 3.05) is 10.8 Å². The number of fused-ring (bicyclic) bond motifs is 2. The molecule has 39 heavy (non-hydrogen) atoms. The molecule has 0 heterocycles. The minimum Gasteiger partial charge on any atom is -0.271 e. The Morgan fingerprint density at radius 1 is 0.846 bits per heavy atom. The zero-order valence-corrected chi connectivity index (χ0v) is 21.3. The highest BCUT2D eigenvalue weighted by atomic mass is 32.2. The molecule has 1 amide bonds. The minimum atomic E-state index is -4.23. The summed E-state index contributed by atoms with van der Waals surface area (Å²) in [6.45, 7) is -0.647. The van der Waals surface area contributed by atoms with Gasteiger partial charge in [0.05, 0.1) is 21.7 Å². The molecule has 0 aromatic heterocycles. The predicted molar refractivity (Wildman–Crippen MR) is 151 cm³/mol. The number of benzene rings is 5. The van der Waals surface area contributed by atoms with Crippen molar-refractivity contribution < 1.29 is 18.1 Å². The fourth-order valence-corrected chi connectivity index (χ4v) is 5.75. The quantitative estimate of drug-likeness (QED) is 0.125. The maximum atomic E-state index is 13.5. The number of sulfonamides is 1. The monoisotopic (exact) mass is 538 g/mol. The van der Waals surface area contributed by atoms with Crippen LogP contribution in [0.1, 0.15) is 5.56 Å². The number of nitro groups is 1. The molecule has 5 aromatic carbocycles. The van der Waals surface area contributed by atoms with E-state index in [0.717, 1.165) is 37.5 Å². The number of rotatable bonds is 8. The lowest BCUT2D eigenvalue weighted by molar-refractivity contribution is -0.384. The normalized spacial score (nSPS) is 11.6. The maximum absolute atomic E-state index is 13.5. The van der Waals surface area contributed by atoms with E-state index in [9.17, 15) is 23.3 Å². The Hall–Kier alpha value is -5.09. The number of amides is 1. The van der Waals surface area contributed by atoms with Gasteiger partial charge in [-0.1, -0.05) is 72.8 Å². The Balaban J connectivity index is 1.46. The topological polar surface area (TPSA) is 122 Å². The van der Waals surface area contributed by atoms with Crippen molar-refractivity contribution in [2.24, 2.45) is 5.10 Å². The first-order valence-corrected chi connectivity index (χ1v) is 13.3. The molecule has 194 valence electrons. The summed E-state index contributed by atoms with van der Waals surface area (Å²) in [6, 6.07) is 30.3. The summed E-state index contributed by atoms with van der Waals surface area (Å²) >= 11 is 0. The predicted octanol–water partition coefficient (Wildman–Crippen LogP) is 5.25. The standard InChI is InChI=1S/C29H22N4O5S/c34-29(31-30-19-28-26-15-6-4-9-21(26)17-22-10-5-7-16-27(22)28)20-32(23-11-8-12-24(18-23)33(35)36)39(37,38)25-13-2-1-3-14-25/h1-19H,20H2,(H,31,34). The lowest BCUT2D eigenvalue weighted by Crippen LogP contribution is -2.39. The number of carbonyl (C=O) groups is 1. The average Bonchev–Trinajstić information content (AvgIpc) is 2.96. The van der Waals surface area contributed by atoms with Crippen LogP contribution < -0.4 is 9.73 Å². The molecule has 0 spiro atoms. The summed E-state index contributed by atoms with van der Waals surface area (Å²) < 4.78 is 27.8. The van der Waals surface area contributed by atoms with Gasteiger partial charge in [0.1, 0.15) is 6.54 Å². The van der Waals surface area contributed by atoms with E-state index in [1.165, 1.54) is 36.5 Å².